The van der Waals surface area contributed by atoms with Crippen molar-refractivity contribution >= 4 is 95.3 Å². The highest BCUT2D eigenvalue weighted by molar-refractivity contribution is 6.74. The van der Waals surface area contributed by atoms with Crippen molar-refractivity contribution < 1.29 is 8.83 Å². The van der Waals surface area contributed by atoms with Gasteiger partial charge in [-0.2, -0.15) is 0 Å². The summed E-state index contributed by atoms with van der Waals surface area (Å²) < 4.78 is 15.6. The van der Waals surface area contributed by atoms with Crippen molar-refractivity contribution in [1.82, 2.24) is 4.57 Å². The van der Waals surface area contributed by atoms with Crippen molar-refractivity contribution in [2.24, 2.45) is 0 Å². The second kappa shape index (κ2) is 11.7. The number of nitrogens with one attached hydrogen (secondary N) is 1. The van der Waals surface area contributed by atoms with Crippen molar-refractivity contribution in [3.8, 4) is 16.8 Å². The highest BCUT2D eigenvalue weighted by Crippen LogP contribution is 2.50. The van der Waals surface area contributed by atoms with Gasteiger partial charge in [0.05, 0.1) is 5.52 Å². The fourth-order valence-corrected chi connectivity index (χ4v) is 10.5. The summed E-state index contributed by atoms with van der Waals surface area (Å²) in [6, 6.07) is 44.6. The zero-order chi connectivity index (χ0) is 40.2. The van der Waals surface area contributed by atoms with Crippen LogP contribution < -0.4 is 16.2 Å². The first-order valence-electron chi connectivity index (χ1n) is 21.1. The van der Waals surface area contributed by atoms with Gasteiger partial charge in [-0.25, -0.2) is 0 Å². The van der Waals surface area contributed by atoms with Crippen LogP contribution in [-0.4, -0.2) is 11.8 Å². The number of hydrogen-bond donors (Lipinski definition) is 1. The minimum atomic E-state index is 0.0415. The molecule has 0 bridgehead atoms. The van der Waals surface area contributed by atoms with Crippen LogP contribution >= 0.6 is 0 Å². The van der Waals surface area contributed by atoms with Gasteiger partial charge < -0.3 is 18.7 Å². The van der Waals surface area contributed by atoms with Crippen LogP contribution in [0.15, 0.2) is 130 Å². The smallest absolute Gasteiger partial charge is 0.198 e. The first-order valence-corrected chi connectivity index (χ1v) is 21.1. The molecule has 0 amide bonds. The quantitative estimate of drug-likeness (QED) is 0.182. The first kappa shape index (κ1) is 34.8. The molecule has 1 aliphatic carbocycles. The third-order valence-electron chi connectivity index (χ3n) is 13.9. The minimum Gasteiger partial charge on any atom is -0.456 e. The number of para-hydroxylation sites is 2. The number of anilines is 2. The average Bonchev–Trinajstić information content (AvgIpc) is 3.89. The molecule has 1 N–H and O–H groups in total. The van der Waals surface area contributed by atoms with Gasteiger partial charge >= 0.3 is 0 Å². The van der Waals surface area contributed by atoms with E-state index in [0.717, 1.165) is 79.2 Å². The highest BCUT2D eigenvalue weighted by atomic mass is 16.3. The van der Waals surface area contributed by atoms with E-state index in [1.807, 2.05) is 6.07 Å². The number of benzene rings is 7. The van der Waals surface area contributed by atoms with Crippen LogP contribution in [0, 0.1) is 0 Å². The molecule has 0 atom stereocenters. The van der Waals surface area contributed by atoms with E-state index in [9.17, 15) is 0 Å². The molecule has 3 aromatic heterocycles. The Bertz CT molecular complexity index is 3420. The van der Waals surface area contributed by atoms with Gasteiger partial charge in [-0.05, 0) is 117 Å². The van der Waals surface area contributed by atoms with Gasteiger partial charge in [0.1, 0.15) is 22.3 Å². The Hall–Kier alpha value is -6.20. The van der Waals surface area contributed by atoms with Gasteiger partial charge in [0.15, 0.2) is 7.28 Å². The van der Waals surface area contributed by atoms with Crippen LogP contribution in [0.2, 0.25) is 0 Å². The van der Waals surface area contributed by atoms with Crippen molar-refractivity contribution in [1.29, 1.82) is 0 Å². The number of fused-ring (bicyclic) bond motifs is 13. The van der Waals surface area contributed by atoms with E-state index in [4.69, 9.17) is 8.83 Å². The summed E-state index contributed by atoms with van der Waals surface area (Å²) in [7, 11) is 2.42. The van der Waals surface area contributed by atoms with Crippen molar-refractivity contribution in [2.45, 2.75) is 77.6 Å². The number of furan rings is 2. The maximum absolute atomic E-state index is 6.53. The Labute approximate surface area is 345 Å². The Balaban J connectivity index is 1.18. The molecular formula is C54H46BN2O2. The van der Waals surface area contributed by atoms with E-state index >= 15 is 0 Å². The van der Waals surface area contributed by atoms with Gasteiger partial charge in [0.25, 0.3) is 0 Å². The van der Waals surface area contributed by atoms with E-state index in [0.29, 0.717) is 0 Å². The summed E-state index contributed by atoms with van der Waals surface area (Å²) in [4.78, 5) is 0. The lowest BCUT2D eigenvalue weighted by atomic mass is 9.58. The van der Waals surface area contributed by atoms with E-state index in [-0.39, 0.29) is 16.2 Å². The number of hydrogen-bond acceptors (Lipinski definition) is 3. The molecule has 0 unspecified atom stereocenters. The number of aromatic nitrogens is 1. The minimum absolute atomic E-state index is 0.0415. The molecule has 5 heteroatoms. The van der Waals surface area contributed by atoms with E-state index in [2.05, 4.69) is 181 Å². The van der Waals surface area contributed by atoms with Crippen LogP contribution in [0.5, 0.6) is 0 Å². The van der Waals surface area contributed by atoms with Gasteiger partial charge in [-0.1, -0.05) is 115 Å². The predicted molar refractivity (Wildman–Crippen MR) is 250 cm³/mol. The molecule has 59 heavy (non-hydrogen) atoms. The molecule has 7 aromatic carbocycles. The molecular weight excluding hydrogens is 719 g/mol. The normalized spacial score (nSPS) is 15.6. The molecule has 1 radical (unpaired) electrons. The van der Waals surface area contributed by atoms with E-state index in [1.54, 1.807) is 0 Å². The predicted octanol–water partition coefficient (Wildman–Crippen LogP) is 13.6. The summed E-state index contributed by atoms with van der Waals surface area (Å²) in [5.74, 6) is 0. The second-order valence-electron chi connectivity index (χ2n) is 19.5. The first-order chi connectivity index (χ1) is 28.3. The highest BCUT2D eigenvalue weighted by Gasteiger charge is 2.38. The molecule has 0 fully saturated rings. The third-order valence-corrected chi connectivity index (χ3v) is 13.9. The fourth-order valence-electron chi connectivity index (χ4n) is 10.5. The Morgan fingerprint density at radius 2 is 1.27 bits per heavy atom. The Morgan fingerprint density at radius 3 is 2.02 bits per heavy atom. The molecule has 10 aromatic rings. The maximum atomic E-state index is 6.53. The Kier molecular flexibility index (Phi) is 6.92. The molecule has 12 rings (SSSR count). The maximum Gasteiger partial charge on any atom is 0.198 e. The lowest BCUT2D eigenvalue weighted by Crippen LogP contribution is -2.37. The molecule has 1 aliphatic heterocycles. The van der Waals surface area contributed by atoms with Crippen LogP contribution in [0.25, 0.3) is 82.5 Å². The monoisotopic (exact) mass is 765 g/mol. The van der Waals surface area contributed by atoms with Gasteiger partial charge in [-0.3, -0.25) is 0 Å². The number of rotatable bonds is 3. The van der Waals surface area contributed by atoms with Crippen LogP contribution in [0.4, 0.5) is 11.4 Å². The standard InChI is InChI=1S/C54H46BN2O2/c1-52(2,3)30-16-18-31(19-17-30)56-41-28-39-38(53(4,5)24-25-54(39,6)7)26-36(41)33-20-21-35-48-42(22-23-46-49(48)34-13-9-11-15-45(34)58-46)57-43-27-37-32-12-8-10-14-44(32)59-47(37)29-40(43)55-50(33)51(35)57/h8-23,26-29,56H,24-25H2,1-7H3. The van der Waals surface area contributed by atoms with Gasteiger partial charge in [0.2, 0.25) is 0 Å². The third kappa shape index (κ3) is 4.97. The summed E-state index contributed by atoms with van der Waals surface area (Å²) in [5.41, 5.74) is 18.5. The molecule has 2 aliphatic rings. The zero-order valence-electron chi connectivity index (χ0n) is 34.8. The molecule has 4 heterocycles. The fraction of sp³-hybridized carbons (Fsp3) is 0.222. The molecule has 0 spiro atoms. The van der Waals surface area contributed by atoms with Crippen molar-refractivity contribution in [3.05, 3.63) is 138 Å². The largest absolute Gasteiger partial charge is 0.456 e. The molecule has 0 saturated carbocycles. The zero-order valence-corrected chi connectivity index (χ0v) is 34.8. The summed E-state index contributed by atoms with van der Waals surface area (Å²) in [6.45, 7) is 16.5. The van der Waals surface area contributed by atoms with Crippen molar-refractivity contribution in [3.63, 3.8) is 0 Å². The van der Waals surface area contributed by atoms with Crippen LogP contribution in [0.1, 0.15) is 78.0 Å². The average molecular weight is 766 g/mol. The van der Waals surface area contributed by atoms with E-state index < -0.39 is 0 Å². The SMILES string of the molecule is CC(C)(C)c1ccc(Nc2cc3c(cc2-c2ccc4c5c6c(ccc5n5c4c2[B]c2cc4oc7ccccc7c4cc2-5)oc2ccccc26)C(C)(C)CCC3(C)C)cc1. The Morgan fingerprint density at radius 1 is 0.593 bits per heavy atom. The number of nitrogens with zero attached hydrogens (tertiary/aromatic N) is 1. The second-order valence-corrected chi connectivity index (χ2v) is 19.5. The lowest BCUT2D eigenvalue weighted by molar-refractivity contribution is 0.332. The molecule has 0 saturated heterocycles. The van der Waals surface area contributed by atoms with Gasteiger partial charge in [-0.15, -0.1) is 0 Å². The topological polar surface area (TPSA) is 43.2 Å². The van der Waals surface area contributed by atoms with E-state index in [1.165, 1.54) is 55.1 Å². The molecule has 287 valence electrons. The van der Waals surface area contributed by atoms with Crippen molar-refractivity contribution in [2.75, 3.05) is 5.32 Å². The lowest BCUT2D eigenvalue weighted by Gasteiger charge is -2.42. The van der Waals surface area contributed by atoms with Crippen LogP contribution in [0.3, 0.4) is 0 Å². The van der Waals surface area contributed by atoms with Gasteiger partial charge in [0, 0.05) is 60.5 Å². The van der Waals surface area contributed by atoms with Crippen LogP contribution in [-0.2, 0) is 16.2 Å². The molecule has 4 nitrogen and oxygen atoms in total. The summed E-state index contributed by atoms with van der Waals surface area (Å²) in [5, 5.41) is 11.0. The summed E-state index contributed by atoms with van der Waals surface area (Å²) in [6.07, 6.45) is 2.30. The summed E-state index contributed by atoms with van der Waals surface area (Å²) >= 11 is 0.